The van der Waals surface area contributed by atoms with Gasteiger partial charge in [-0.05, 0) is 55.0 Å². The first-order chi connectivity index (χ1) is 19.5. The monoisotopic (exact) mass is 581 g/mol. The summed E-state index contributed by atoms with van der Waals surface area (Å²) in [6.07, 6.45) is -4.10. The molecule has 0 radical (unpaired) electrons. The van der Waals surface area contributed by atoms with Crippen LogP contribution in [-0.2, 0) is 28.7 Å². The summed E-state index contributed by atoms with van der Waals surface area (Å²) in [4.78, 5) is 40.1. The fraction of sp³-hybridized carbons (Fsp3) is 0.172. The number of benzene rings is 3. The number of nitrogens with one attached hydrogen (secondary N) is 3. The standard InChI is InChI=1S/C29H23ClF3N5O3/c1-16-5-10-21(34-26(39)18-3-2-4-19(13-18)29(31,32)33)14-24(16)35-27(40)28(41)38-12-11-23-22(15-38)25(37-36-23)17-6-8-20(30)9-7-17/h2-10,13-14H,11-12,15H2,1H3,(H,34,39)(H,35,40)(H,36,37). The van der Waals surface area contributed by atoms with Crippen molar-refractivity contribution in [1.29, 1.82) is 0 Å². The van der Waals surface area contributed by atoms with E-state index in [-0.39, 0.29) is 23.5 Å². The molecule has 8 nitrogen and oxygen atoms in total. The summed E-state index contributed by atoms with van der Waals surface area (Å²) in [7, 11) is 0. The van der Waals surface area contributed by atoms with Crippen molar-refractivity contribution in [3.05, 3.63) is 99.7 Å². The zero-order valence-corrected chi connectivity index (χ0v) is 22.4. The van der Waals surface area contributed by atoms with E-state index in [1.807, 2.05) is 12.1 Å². The Balaban J connectivity index is 1.27. The maximum absolute atomic E-state index is 13.1. The van der Waals surface area contributed by atoms with Gasteiger partial charge in [0.2, 0.25) is 0 Å². The van der Waals surface area contributed by atoms with Crippen LogP contribution >= 0.6 is 11.6 Å². The first-order valence-electron chi connectivity index (χ1n) is 12.5. The lowest BCUT2D eigenvalue weighted by Gasteiger charge is -2.26. The molecular formula is C29H23ClF3N5O3. The zero-order valence-electron chi connectivity index (χ0n) is 21.6. The van der Waals surface area contributed by atoms with E-state index in [2.05, 4.69) is 20.8 Å². The molecule has 0 bridgehead atoms. The molecule has 5 rings (SSSR count). The molecule has 41 heavy (non-hydrogen) atoms. The van der Waals surface area contributed by atoms with Crippen molar-refractivity contribution < 1.29 is 27.6 Å². The third kappa shape index (κ3) is 6.09. The summed E-state index contributed by atoms with van der Waals surface area (Å²) in [6.45, 7) is 2.20. The van der Waals surface area contributed by atoms with E-state index < -0.39 is 29.5 Å². The number of hydrogen-bond acceptors (Lipinski definition) is 4. The Kier molecular flexibility index (Phi) is 7.55. The van der Waals surface area contributed by atoms with Crippen molar-refractivity contribution in [2.75, 3.05) is 17.2 Å². The van der Waals surface area contributed by atoms with Crippen LogP contribution in [0.15, 0.2) is 66.7 Å². The lowest BCUT2D eigenvalue weighted by molar-refractivity contribution is -0.143. The lowest BCUT2D eigenvalue weighted by atomic mass is 10.0. The number of fused-ring (bicyclic) bond motifs is 1. The van der Waals surface area contributed by atoms with Crippen molar-refractivity contribution in [3.63, 3.8) is 0 Å². The Morgan fingerprint density at radius 3 is 2.49 bits per heavy atom. The summed E-state index contributed by atoms with van der Waals surface area (Å²) in [6, 6.07) is 15.8. The largest absolute Gasteiger partial charge is 0.416 e. The number of aromatic amines is 1. The smallest absolute Gasteiger partial charge is 0.330 e. The molecule has 3 amide bonds. The Morgan fingerprint density at radius 2 is 1.76 bits per heavy atom. The number of carbonyl (C=O) groups is 3. The van der Waals surface area contributed by atoms with Gasteiger partial charge in [0.15, 0.2) is 0 Å². The van der Waals surface area contributed by atoms with E-state index >= 15 is 0 Å². The van der Waals surface area contributed by atoms with E-state index in [1.54, 1.807) is 31.2 Å². The van der Waals surface area contributed by atoms with Crippen LogP contribution in [0.2, 0.25) is 5.02 Å². The number of hydrogen-bond donors (Lipinski definition) is 3. The van der Waals surface area contributed by atoms with Gasteiger partial charge in [-0.3, -0.25) is 19.5 Å². The number of alkyl halides is 3. The van der Waals surface area contributed by atoms with Crippen LogP contribution in [0.5, 0.6) is 0 Å². The number of anilines is 2. The fourth-order valence-corrected chi connectivity index (χ4v) is 4.63. The molecule has 1 aliphatic heterocycles. The molecule has 1 aromatic heterocycles. The van der Waals surface area contributed by atoms with E-state index in [0.717, 1.165) is 35.0 Å². The van der Waals surface area contributed by atoms with Crippen LogP contribution in [0.1, 0.15) is 32.7 Å². The van der Waals surface area contributed by atoms with Crippen molar-refractivity contribution in [2.24, 2.45) is 0 Å². The Morgan fingerprint density at radius 1 is 1.00 bits per heavy atom. The third-order valence-electron chi connectivity index (χ3n) is 6.73. The van der Waals surface area contributed by atoms with Crippen molar-refractivity contribution in [3.8, 4) is 11.3 Å². The quantitative estimate of drug-likeness (QED) is 0.263. The van der Waals surface area contributed by atoms with Gasteiger partial charge in [-0.1, -0.05) is 35.9 Å². The van der Waals surface area contributed by atoms with Gasteiger partial charge in [0.25, 0.3) is 5.91 Å². The van der Waals surface area contributed by atoms with Crippen LogP contribution in [0.4, 0.5) is 24.5 Å². The highest BCUT2D eigenvalue weighted by Gasteiger charge is 2.31. The molecule has 0 unspecified atom stereocenters. The van der Waals surface area contributed by atoms with Crippen molar-refractivity contribution >= 4 is 40.7 Å². The molecular weight excluding hydrogens is 559 g/mol. The van der Waals surface area contributed by atoms with Gasteiger partial charge in [-0.15, -0.1) is 0 Å². The summed E-state index contributed by atoms with van der Waals surface area (Å²) < 4.78 is 39.1. The molecule has 0 aliphatic carbocycles. The first-order valence-corrected chi connectivity index (χ1v) is 12.9. The second kappa shape index (κ2) is 11.1. The molecule has 0 saturated heterocycles. The molecule has 0 spiro atoms. The van der Waals surface area contributed by atoms with Gasteiger partial charge in [0, 0.05) is 51.7 Å². The molecule has 1 aliphatic rings. The number of rotatable bonds is 4. The predicted molar refractivity (Wildman–Crippen MR) is 147 cm³/mol. The van der Waals surface area contributed by atoms with Crippen molar-refractivity contribution in [1.82, 2.24) is 15.1 Å². The van der Waals surface area contributed by atoms with Crippen molar-refractivity contribution in [2.45, 2.75) is 26.1 Å². The molecule has 12 heteroatoms. The normalized spacial score (nSPS) is 13.0. The average molecular weight is 582 g/mol. The van der Waals surface area contributed by atoms with Crippen LogP contribution < -0.4 is 10.6 Å². The molecule has 2 heterocycles. The zero-order chi connectivity index (χ0) is 29.3. The summed E-state index contributed by atoms with van der Waals surface area (Å²) >= 11 is 5.99. The van der Waals surface area contributed by atoms with E-state index in [9.17, 15) is 27.6 Å². The number of H-pyrrole nitrogens is 1. The third-order valence-corrected chi connectivity index (χ3v) is 6.98. The Labute approximate surface area is 237 Å². The van der Waals surface area contributed by atoms with Gasteiger partial charge < -0.3 is 15.5 Å². The van der Waals surface area contributed by atoms with Gasteiger partial charge in [0.1, 0.15) is 0 Å². The van der Waals surface area contributed by atoms with Crippen LogP contribution in [-0.4, -0.2) is 39.4 Å². The minimum atomic E-state index is -4.59. The Bertz CT molecular complexity index is 1650. The number of amides is 3. The SMILES string of the molecule is Cc1ccc(NC(=O)c2cccc(C(F)(F)F)c2)cc1NC(=O)C(=O)N1CCc2[nH]nc(-c3ccc(Cl)cc3)c2C1. The predicted octanol–water partition coefficient (Wildman–Crippen LogP) is 5.83. The highest BCUT2D eigenvalue weighted by molar-refractivity contribution is 6.39. The summed E-state index contributed by atoms with van der Waals surface area (Å²) in [5.41, 5.74) is 3.20. The molecule has 0 atom stereocenters. The molecule has 3 N–H and O–H groups in total. The maximum atomic E-state index is 13.1. The number of halogens is 4. The van der Waals surface area contributed by atoms with E-state index in [1.165, 1.54) is 17.0 Å². The second-order valence-corrected chi connectivity index (χ2v) is 9.97. The van der Waals surface area contributed by atoms with Gasteiger partial charge >= 0.3 is 18.0 Å². The lowest BCUT2D eigenvalue weighted by Crippen LogP contribution is -2.42. The number of aromatic nitrogens is 2. The molecule has 0 saturated carbocycles. The van der Waals surface area contributed by atoms with E-state index in [4.69, 9.17) is 11.6 Å². The maximum Gasteiger partial charge on any atom is 0.416 e. The summed E-state index contributed by atoms with van der Waals surface area (Å²) in [5, 5.41) is 13.1. The van der Waals surface area contributed by atoms with Crippen LogP contribution in [0.25, 0.3) is 11.3 Å². The second-order valence-electron chi connectivity index (χ2n) is 9.53. The van der Waals surface area contributed by atoms with Gasteiger partial charge in [-0.25, -0.2) is 0 Å². The first kappa shape index (κ1) is 27.9. The number of aryl methyl sites for hydroxylation is 1. The van der Waals surface area contributed by atoms with Gasteiger partial charge in [0.05, 0.1) is 17.8 Å². The topological polar surface area (TPSA) is 107 Å². The molecule has 210 valence electrons. The number of nitrogens with zero attached hydrogens (tertiary/aromatic N) is 2. The van der Waals surface area contributed by atoms with Crippen LogP contribution in [0, 0.1) is 6.92 Å². The summed E-state index contributed by atoms with van der Waals surface area (Å²) in [5.74, 6) is -2.36. The fourth-order valence-electron chi connectivity index (χ4n) is 4.51. The Hall–Kier alpha value is -4.64. The minimum absolute atomic E-state index is 0.178. The minimum Gasteiger partial charge on any atom is -0.330 e. The van der Waals surface area contributed by atoms with E-state index in [0.29, 0.717) is 29.2 Å². The molecule has 3 aromatic carbocycles. The molecule has 4 aromatic rings. The number of carbonyl (C=O) groups excluding carboxylic acids is 3. The van der Waals surface area contributed by atoms with Gasteiger partial charge in [-0.2, -0.15) is 18.3 Å². The average Bonchev–Trinajstić information content (AvgIpc) is 3.37. The highest BCUT2D eigenvalue weighted by Crippen LogP contribution is 2.31. The molecule has 0 fully saturated rings. The van der Waals surface area contributed by atoms with Crippen LogP contribution in [0.3, 0.4) is 0 Å². The highest BCUT2D eigenvalue weighted by atomic mass is 35.5.